The topological polar surface area (TPSA) is 15.3 Å². The zero-order valence-corrected chi connectivity index (χ0v) is 11.2. The molecule has 5 heteroatoms. The number of anilines is 1. The van der Waals surface area contributed by atoms with Crippen molar-refractivity contribution >= 4 is 28.9 Å². The third kappa shape index (κ3) is 2.84. The van der Waals surface area contributed by atoms with Crippen molar-refractivity contribution in [3.05, 3.63) is 28.0 Å². The molecule has 0 atom stereocenters. The fraction of sp³-hybridized carbons (Fsp3) is 0.500. The van der Waals surface area contributed by atoms with Crippen LogP contribution in [0.4, 0.5) is 10.1 Å². The second kappa shape index (κ2) is 5.42. The van der Waals surface area contributed by atoms with E-state index in [4.69, 9.17) is 23.2 Å². The standard InChI is InChI=1S/C12H15Cl2FN2/c1-16-8-2-4-17(5-3-8)9-6-10(13)12(15)11(14)7-9/h6-8,16H,2-5H2,1H3. The molecule has 0 spiro atoms. The summed E-state index contributed by atoms with van der Waals surface area (Å²) in [6.07, 6.45) is 2.15. The third-order valence-corrected chi connectivity index (χ3v) is 3.79. The first-order chi connectivity index (χ1) is 8.11. The highest BCUT2D eigenvalue weighted by atomic mass is 35.5. The molecule has 1 fully saturated rings. The average Bonchev–Trinajstić information content (AvgIpc) is 2.35. The fourth-order valence-corrected chi connectivity index (χ4v) is 2.63. The molecule has 94 valence electrons. The van der Waals surface area contributed by atoms with Gasteiger partial charge in [-0.05, 0) is 32.0 Å². The maximum Gasteiger partial charge on any atom is 0.160 e. The first-order valence-electron chi connectivity index (χ1n) is 5.68. The van der Waals surface area contributed by atoms with Gasteiger partial charge in [-0.3, -0.25) is 0 Å². The van der Waals surface area contributed by atoms with Gasteiger partial charge in [0.1, 0.15) is 0 Å². The summed E-state index contributed by atoms with van der Waals surface area (Å²) in [6, 6.07) is 3.85. The van der Waals surface area contributed by atoms with Gasteiger partial charge >= 0.3 is 0 Å². The summed E-state index contributed by atoms with van der Waals surface area (Å²) in [6.45, 7) is 1.87. The zero-order valence-electron chi connectivity index (χ0n) is 9.64. The normalized spacial score (nSPS) is 17.5. The van der Waals surface area contributed by atoms with E-state index in [-0.39, 0.29) is 10.0 Å². The molecule has 0 unspecified atom stereocenters. The highest BCUT2D eigenvalue weighted by Crippen LogP contribution is 2.30. The quantitative estimate of drug-likeness (QED) is 0.834. The van der Waals surface area contributed by atoms with Gasteiger partial charge in [-0.2, -0.15) is 0 Å². The Morgan fingerprint density at radius 3 is 2.24 bits per heavy atom. The zero-order chi connectivity index (χ0) is 12.4. The van der Waals surface area contributed by atoms with Crippen LogP contribution < -0.4 is 10.2 Å². The molecule has 1 aromatic carbocycles. The monoisotopic (exact) mass is 276 g/mol. The highest BCUT2D eigenvalue weighted by molar-refractivity contribution is 6.35. The minimum atomic E-state index is -0.540. The van der Waals surface area contributed by atoms with Gasteiger partial charge in [-0.15, -0.1) is 0 Å². The Morgan fingerprint density at radius 2 is 1.76 bits per heavy atom. The number of hydrogen-bond donors (Lipinski definition) is 1. The lowest BCUT2D eigenvalue weighted by molar-refractivity contribution is 0.442. The van der Waals surface area contributed by atoms with Gasteiger partial charge < -0.3 is 10.2 Å². The van der Waals surface area contributed by atoms with E-state index in [0.29, 0.717) is 6.04 Å². The van der Waals surface area contributed by atoms with Gasteiger partial charge in [0.25, 0.3) is 0 Å². The van der Waals surface area contributed by atoms with E-state index in [2.05, 4.69) is 10.2 Å². The minimum Gasteiger partial charge on any atom is -0.371 e. The van der Waals surface area contributed by atoms with E-state index < -0.39 is 5.82 Å². The van der Waals surface area contributed by atoms with Crippen LogP contribution >= 0.6 is 23.2 Å². The van der Waals surface area contributed by atoms with Gasteiger partial charge in [0.15, 0.2) is 5.82 Å². The maximum atomic E-state index is 13.3. The number of nitrogens with one attached hydrogen (secondary N) is 1. The number of rotatable bonds is 2. The number of hydrogen-bond acceptors (Lipinski definition) is 2. The summed E-state index contributed by atoms with van der Waals surface area (Å²) in [5.74, 6) is -0.540. The molecular formula is C12H15Cl2FN2. The third-order valence-electron chi connectivity index (χ3n) is 3.24. The Balaban J connectivity index is 2.13. The van der Waals surface area contributed by atoms with Crippen molar-refractivity contribution in [3.63, 3.8) is 0 Å². The fourth-order valence-electron chi connectivity index (χ4n) is 2.15. The Labute approximate surface area is 111 Å². The van der Waals surface area contributed by atoms with E-state index >= 15 is 0 Å². The molecule has 1 aromatic rings. The molecular weight excluding hydrogens is 262 g/mol. The van der Waals surface area contributed by atoms with Crippen LogP contribution in [0, 0.1) is 5.82 Å². The molecule has 2 nitrogen and oxygen atoms in total. The van der Waals surface area contributed by atoms with E-state index in [1.165, 1.54) is 0 Å². The van der Waals surface area contributed by atoms with Gasteiger partial charge in [0, 0.05) is 24.8 Å². The summed E-state index contributed by atoms with van der Waals surface area (Å²) in [4.78, 5) is 2.19. The summed E-state index contributed by atoms with van der Waals surface area (Å²) >= 11 is 11.6. The summed E-state index contributed by atoms with van der Waals surface area (Å²) in [5.41, 5.74) is 0.899. The predicted molar refractivity (Wildman–Crippen MR) is 70.7 cm³/mol. The van der Waals surface area contributed by atoms with Crippen LogP contribution in [0.25, 0.3) is 0 Å². The number of benzene rings is 1. The van der Waals surface area contributed by atoms with Crippen molar-refractivity contribution in [2.24, 2.45) is 0 Å². The maximum absolute atomic E-state index is 13.3. The van der Waals surface area contributed by atoms with Crippen molar-refractivity contribution in [2.45, 2.75) is 18.9 Å². The SMILES string of the molecule is CNC1CCN(c2cc(Cl)c(F)c(Cl)c2)CC1. The second-order valence-corrected chi connectivity index (χ2v) is 5.09. The van der Waals surface area contributed by atoms with Gasteiger partial charge in [-0.1, -0.05) is 23.2 Å². The van der Waals surface area contributed by atoms with Gasteiger partial charge in [0.2, 0.25) is 0 Å². The first-order valence-corrected chi connectivity index (χ1v) is 6.44. The molecule has 0 radical (unpaired) electrons. The molecule has 0 aromatic heterocycles. The number of piperidine rings is 1. The number of nitrogens with zero attached hydrogens (tertiary/aromatic N) is 1. The van der Waals surface area contributed by atoms with Crippen LogP contribution in [0.1, 0.15) is 12.8 Å². The van der Waals surface area contributed by atoms with Crippen molar-refractivity contribution in [1.82, 2.24) is 5.32 Å². The molecule has 1 saturated heterocycles. The Hall–Kier alpha value is -0.510. The molecule has 1 heterocycles. The first kappa shape index (κ1) is 12.9. The van der Waals surface area contributed by atoms with Crippen LogP contribution in [0.2, 0.25) is 10.0 Å². The molecule has 0 bridgehead atoms. The van der Waals surface area contributed by atoms with Crippen LogP contribution in [-0.4, -0.2) is 26.2 Å². The lowest BCUT2D eigenvalue weighted by atomic mass is 10.0. The minimum absolute atomic E-state index is 0.0863. The molecule has 17 heavy (non-hydrogen) atoms. The van der Waals surface area contributed by atoms with Crippen molar-refractivity contribution in [3.8, 4) is 0 Å². The second-order valence-electron chi connectivity index (χ2n) is 4.27. The largest absolute Gasteiger partial charge is 0.371 e. The summed E-state index contributed by atoms with van der Waals surface area (Å²) < 4.78 is 13.3. The molecule has 1 aliphatic rings. The Bertz CT molecular complexity index is 380. The molecule has 0 aliphatic carbocycles. The molecule has 0 saturated carbocycles. The lowest BCUT2D eigenvalue weighted by Crippen LogP contribution is -2.41. The van der Waals surface area contributed by atoms with Crippen molar-refractivity contribution in [2.75, 3.05) is 25.0 Å². The molecule has 0 amide bonds. The summed E-state index contributed by atoms with van der Waals surface area (Å²) in [5, 5.41) is 3.44. The highest BCUT2D eigenvalue weighted by Gasteiger charge is 2.19. The van der Waals surface area contributed by atoms with Crippen LogP contribution in [0.5, 0.6) is 0 Å². The van der Waals surface area contributed by atoms with E-state index in [1.807, 2.05) is 7.05 Å². The van der Waals surface area contributed by atoms with Crippen LogP contribution in [0.3, 0.4) is 0 Å². The van der Waals surface area contributed by atoms with E-state index in [1.54, 1.807) is 12.1 Å². The lowest BCUT2D eigenvalue weighted by Gasteiger charge is -2.33. The molecule has 1 N–H and O–H groups in total. The van der Waals surface area contributed by atoms with Crippen molar-refractivity contribution in [1.29, 1.82) is 0 Å². The average molecular weight is 277 g/mol. The Morgan fingerprint density at radius 1 is 1.24 bits per heavy atom. The van der Waals surface area contributed by atoms with Gasteiger partial charge in [-0.25, -0.2) is 4.39 Å². The Kier molecular flexibility index (Phi) is 4.13. The number of halogens is 3. The van der Waals surface area contributed by atoms with Gasteiger partial charge in [0.05, 0.1) is 10.0 Å². The van der Waals surface area contributed by atoms with E-state index in [9.17, 15) is 4.39 Å². The smallest absolute Gasteiger partial charge is 0.160 e. The van der Waals surface area contributed by atoms with Crippen LogP contribution in [0.15, 0.2) is 12.1 Å². The predicted octanol–water partition coefficient (Wildman–Crippen LogP) is 3.32. The van der Waals surface area contributed by atoms with E-state index in [0.717, 1.165) is 31.6 Å². The molecule has 2 rings (SSSR count). The van der Waals surface area contributed by atoms with Crippen LogP contribution in [-0.2, 0) is 0 Å². The van der Waals surface area contributed by atoms with Crippen molar-refractivity contribution < 1.29 is 4.39 Å². The molecule has 1 aliphatic heterocycles. The summed E-state index contributed by atoms with van der Waals surface area (Å²) in [7, 11) is 1.98.